The van der Waals surface area contributed by atoms with Crippen LogP contribution in [0.2, 0.25) is 10.0 Å². The van der Waals surface area contributed by atoms with Gasteiger partial charge in [0, 0.05) is 22.4 Å². The predicted molar refractivity (Wildman–Crippen MR) is 115 cm³/mol. The van der Waals surface area contributed by atoms with Crippen LogP contribution < -0.4 is 10.6 Å². The van der Waals surface area contributed by atoms with Crippen LogP contribution in [0.1, 0.15) is 25.3 Å². The maximum atomic E-state index is 12.8. The normalized spacial score (nSPS) is 15.5. The van der Waals surface area contributed by atoms with Crippen LogP contribution in [-0.4, -0.2) is 29.1 Å². The molecule has 3 rings (SSSR count). The second kappa shape index (κ2) is 9.68. The van der Waals surface area contributed by atoms with Gasteiger partial charge in [0.05, 0.1) is 10.3 Å². The molecule has 2 amide bonds. The van der Waals surface area contributed by atoms with Crippen molar-refractivity contribution in [2.45, 2.75) is 48.4 Å². The zero-order valence-corrected chi connectivity index (χ0v) is 17.8. The summed E-state index contributed by atoms with van der Waals surface area (Å²) in [6, 6.07) is 14.4. The molecule has 1 fully saturated rings. The third kappa shape index (κ3) is 6.16. The van der Waals surface area contributed by atoms with Crippen LogP contribution in [-0.2, 0) is 16.0 Å². The van der Waals surface area contributed by atoms with Gasteiger partial charge in [0.15, 0.2) is 0 Å². The molecule has 0 aliphatic heterocycles. The van der Waals surface area contributed by atoms with Crippen LogP contribution in [0.25, 0.3) is 0 Å². The van der Waals surface area contributed by atoms with Crippen molar-refractivity contribution in [2.75, 3.05) is 0 Å². The van der Waals surface area contributed by atoms with E-state index in [0.717, 1.165) is 23.3 Å². The Labute approximate surface area is 179 Å². The van der Waals surface area contributed by atoms with Gasteiger partial charge in [0.25, 0.3) is 0 Å². The molecule has 0 spiro atoms. The van der Waals surface area contributed by atoms with E-state index in [0.29, 0.717) is 16.5 Å². The monoisotopic (exact) mass is 436 g/mol. The van der Waals surface area contributed by atoms with E-state index < -0.39 is 11.3 Å². The maximum Gasteiger partial charge on any atom is 0.243 e. The molecule has 28 heavy (non-hydrogen) atoms. The van der Waals surface area contributed by atoms with Crippen molar-refractivity contribution >= 4 is 46.8 Å². The molecule has 1 saturated carbocycles. The van der Waals surface area contributed by atoms with Gasteiger partial charge in [-0.2, -0.15) is 0 Å². The van der Waals surface area contributed by atoms with Crippen molar-refractivity contribution < 1.29 is 9.59 Å². The largest absolute Gasteiger partial charge is 0.352 e. The summed E-state index contributed by atoms with van der Waals surface area (Å²) in [6.07, 6.45) is 2.44. The predicted octanol–water partition coefficient (Wildman–Crippen LogP) is 4.48. The second-order valence-electron chi connectivity index (χ2n) is 6.87. The molecule has 0 heterocycles. The Balaban J connectivity index is 1.66. The lowest BCUT2D eigenvalue weighted by Gasteiger charge is -2.21. The summed E-state index contributed by atoms with van der Waals surface area (Å²) in [7, 11) is 0. The smallest absolute Gasteiger partial charge is 0.243 e. The summed E-state index contributed by atoms with van der Waals surface area (Å²) in [5.74, 6) is -0.356. The molecule has 2 N–H and O–H groups in total. The van der Waals surface area contributed by atoms with E-state index in [2.05, 4.69) is 10.6 Å². The standard InChI is InChI=1S/C21H22Cl2N2O2S/c1-13(28-19-12-15(22)7-10-17(19)23)20(26)25-18(21(27)24-16-8-9-16)11-14-5-3-2-4-6-14/h2-7,10,12-13,16,18H,8-9,11H2,1H3,(H,24,27)(H,25,26). The van der Waals surface area contributed by atoms with Crippen molar-refractivity contribution in [1.29, 1.82) is 0 Å². The lowest BCUT2D eigenvalue weighted by Crippen LogP contribution is -2.50. The van der Waals surface area contributed by atoms with Gasteiger partial charge in [0.1, 0.15) is 6.04 Å². The van der Waals surface area contributed by atoms with Crippen LogP contribution in [0.4, 0.5) is 0 Å². The molecule has 1 aliphatic rings. The summed E-state index contributed by atoms with van der Waals surface area (Å²) >= 11 is 13.5. The molecule has 0 radical (unpaired) electrons. The van der Waals surface area contributed by atoms with Gasteiger partial charge < -0.3 is 10.6 Å². The number of benzene rings is 2. The average molecular weight is 437 g/mol. The Bertz CT molecular complexity index is 844. The van der Waals surface area contributed by atoms with Crippen LogP contribution in [0, 0.1) is 0 Å². The average Bonchev–Trinajstić information content (AvgIpc) is 3.48. The maximum absolute atomic E-state index is 12.8. The number of thioether (sulfide) groups is 1. The van der Waals surface area contributed by atoms with Crippen LogP contribution >= 0.6 is 35.0 Å². The highest BCUT2D eigenvalue weighted by Crippen LogP contribution is 2.32. The van der Waals surface area contributed by atoms with Gasteiger partial charge >= 0.3 is 0 Å². The lowest BCUT2D eigenvalue weighted by atomic mass is 10.0. The van der Waals surface area contributed by atoms with E-state index >= 15 is 0 Å². The number of hydrogen-bond donors (Lipinski definition) is 2. The minimum Gasteiger partial charge on any atom is -0.352 e. The minimum atomic E-state index is -0.617. The molecule has 4 nitrogen and oxygen atoms in total. The van der Waals surface area contributed by atoms with E-state index in [1.54, 1.807) is 25.1 Å². The third-order valence-electron chi connectivity index (χ3n) is 4.41. The molecule has 1 aliphatic carbocycles. The van der Waals surface area contributed by atoms with Gasteiger partial charge in [-0.05, 0) is 43.5 Å². The summed E-state index contributed by atoms with van der Waals surface area (Å²) in [5, 5.41) is 6.57. The summed E-state index contributed by atoms with van der Waals surface area (Å²) < 4.78 is 0. The number of hydrogen-bond acceptors (Lipinski definition) is 3. The van der Waals surface area contributed by atoms with E-state index in [-0.39, 0.29) is 17.9 Å². The third-order valence-corrected chi connectivity index (χ3v) is 6.24. The minimum absolute atomic E-state index is 0.141. The molecule has 0 saturated heterocycles. The van der Waals surface area contributed by atoms with Crippen molar-refractivity contribution in [2.24, 2.45) is 0 Å². The molecule has 2 atom stereocenters. The molecule has 2 unspecified atom stereocenters. The first-order valence-corrected chi connectivity index (χ1v) is 10.8. The number of nitrogens with one attached hydrogen (secondary N) is 2. The molecule has 2 aromatic rings. The SMILES string of the molecule is CC(Sc1cc(Cl)ccc1Cl)C(=O)NC(Cc1ccccc1)C(=O)NC1CC1. The fourth-order valence-electron chi connectivity index (χ4n) is 2.69. The van der Waals surface area contributed by atoms with Gasteiger partial charge in [0.2, 0.25) is 11.8 Å². The Morgan fingerprint density at radius 2 is 1.82 bits per heavy atom. The summed E-state index contributed by atoms with van der Waals surface area (Å²) in [4.78, 5) is 26.1. The molecule has 0 aromatic heterocycles. The molecule has 148 valence electrons. The second-order valence-corrected chi connectivity index (χ2v) is 9.09. The quantitative estimate of drug-likeness (QED) is 0.599. The fourth-order valence-corrected chi connectivity index (χ4v) is 4.11. The van der Waals surface area contributed by atoms with E-state index in [1.807, 2.05) is 30.3 Å². The van der Waals surface area contributed by atoms with Crippen molar-refractivity contribution in [3.63, 3.8) is 0 Å². The van der Waals surface area contributed by atoms with Gasteiger partial charge in [-0.3, -0.25) is 9.59 Å². The zero-order chi connectivity index (χ0) is 20.1. The molecular weight excluding hydrogens is 415 g/mol. The Kier molecular flexibility index (Phi) is 7.27. The summed E-state index contributed by atoms with van der Waals surface area (Å²) in [6.45, 7) is 1.79. The highest BCUT2D eigenvalue weighted by atomic mass is 35.5. The van der Waals surface area contributed by atoms with E-state index in [4.69, 9.17) is 23.2 Å². The molecular formula is C21H22Cl2N2O2S. The van der Waals surface area contributed by atoms with Crippen LogP contribution in [0.3, 0.4) is 0 Å². The fraction of sp³-hybridized carbons (Fsp3) is 0.333. The number of rotatable bonds is 8. The first-order valence-electron chi connectivity index (χ1n) is 9.19. The topological polar surface area (TPSA) is 58.2 Å². The van der Waals surface area contributed by atoms with E-state index in [1.165, 1.54) is 11.8 Å². The van der Waals surface area contributed by atoms with Gasteiger partial charge in [-0.25, -0.2) is 0 Å². The highest BCUT2D eigenvalue weighted by Gasteiger charge is 2.29. The van der Waals surface area contributed by atoms with Gasteiger partial charge in [-0.15, -0.1) is 11.8 Å². The Hall–Kier alpha value is -1.69. The first-order chi connectivity index (χ1) is 13.4. The summed E-state index contributed by atoms with van der Waals surface area (Å²) in [5.41, 5.74) is 0.997. The van der Waals surface area contributed by atoms with Crippen molar-refractivity contribution in [3.8, 4) is 0 Å². The molecule has 7 heteroatoms. The first kappa shape index (κ1) is 21.0. The Morgan fingerprint density at radius 1 is 1.11 bits per heavy atom. The van der Waals surface area contributed by atoms with E-state index in [9.17, 15) is 9.59 Å². The van der Waals surface area contributed by atoms with Crippen molar-refractivity contribution in [3.05, 3.63) is 64.1 Å². The Morgan fingerprint density at radius 3 is 2.50 bits per heavy atom. The highest BCUT2D eigenvalue weighted by molar-refractivity contribution is 8.00. The molecule has 0 bridgehead atoms. The van der Waals surface area contributed by atoms with Gasteiger partial charge in [-0.1, -0.05) is 53.5 Å². The number of carbonyl (C=O) groups excluding carboxylic acids is 2. The number of halogens is 2. The van der Waals surface area contributed by atoms with Crippen molar-refractivity contribution in [1.82, 2.24) is 10.6 Å². The molecule has 2 aromatic carbocycles. The zero-order valence-electron chi connectivity index (χ0n) is 15.5. The number of carbonyl (C=O) groups is 2. The van der Waals surface area contributed by atoms with Crippen LogP contribution in [0.5, 0.6) is 0 Å². The number of amides is 2. The lowest BCUT2D eigenvalue weighted by molar-refractivity contribution is -0.128. The van der Waals surface area contributed by atoms with Crippen LogP contribution in [0.15, 0.2) is 53.4 Å².